The second-order valence-corrected chi connectivity index (χ2v) is 8.72. The summed E-state index contributed by atoms with van der Waals surface area (Å²) < 4.78 is 25.7. The van der Waals surface area contributed by atoms with Crippen molar-refractivity contribution in [3.8, 4) is 17.6 Å². The Bertz CT molecular complexity index is 1370. The quantitative estimate of drug-likeness (QED) is 0.483. The van der Waals surface area contributed by atoms with Gasteiger partial charge in [0.1, 0.15) is 11.3 Å². The predicted molar refractivity (Wildman–Crippen MR) is 140 cm³/mol. The summed E-state index contributed by atoms with van der Waals surface area (Å²) in [6.45, 7) is 3.46. The third-order valence-corrected chi connectivity index (χ3v) is 6.43. The van der Waals surface area contributed by atoms with E-state index in [0.29, 0.717) is 36.5 Å². The first-order valence-electron chi connectivity index (χ1n) is 12.0. The number of hydrogen-bond donors (Lipinski definition) is 1. The van der Waals surface area contributed by atoms with Gasteiger partial charge in [-0.1, -0.05) is 25.5 Å². The monoisotopic (exact) mass is 504 g/mol. The average molecular weight is 505 g/mol. The number of nitriles is 1. The largest absolute Gasteiger partial charge is 0.493 e. The number of ether oxygens (including phenoxy) is 2. The molecule has 0 aliphatic carbocycles. The van der Waals surface area contributed by atoms with Gasteiger partial charge in [-0.3, -0.25) is 4.79 Å². The first kappa shape index (κ1) is 25.7. The maximum absolute atomic E-state index is 15.3. The Labute approximate surface area is 214 Å². The Morgan fingerprint density at radius 3 is 2.65 bits per heavy atom. The van der Waals surface area contributed by atoms with Crippen molar-refractivity contribution in [2.45, 2.75) is 25.8 Å². The molecule has 1 aromatic heterocycles. The van der Waals surface area contributed by atoms with E-state index in [2.05, 4.69) is 23.0 Å². The van der Waals surface area contributed by atoms with Crippen molar-refractivity contribution >= 4 is 34.7 Å². The Hall–Kier alpha value is -4.39. The van der Waals surface area contributed by atoms with Gasteiger partial charge >= 0.3 is 0 Å². The van der Waals surface area contributed by atoms with Crippen LogP contribution < -0.4 is 20.1 Å². The Morgan fingerprint density at radius 2 is 2.00 bits per heavy atom. The van der Waals surface area contributed by atoms with Crippen molar-refractivity contribution < 1.29 is 18.7 Å². The number of nitrogens with zero attached hydrogens (tertiary/aromatic N) is 5. The molecule has 2 heterocycles. The van der Waals surface area contributed by atoms with Crippen LogP contribution in [0.2, 0.25) is 0 Å². The maximum atomic E-state index is 15.3. The van der Waals surface area contributed by atoms with E-state index < -0.39 is 5.82 Å². The van der Waals surface area contributed by atoms with Crippen LogP contribution >= 0.6 is 0 Å². The molecule has 1 aliphatic rings. The molecule has 0 radical (unpaired) electrons. The summed E-state index contributed by atoms with van der Waals surface area (Å²) in [5, 5.41) is 9.28. The van der Waals surface area contributed by atoms with Gasteiger partial charge < -0.3 is 25.0 Å². The van der Waals surface area contributed by atoms with E-state index in [1.54, 1.807) is 47.4 Å². The molecule has 1 atom stereocenters. The molecular weight excluding hydrogens is 475 g/mol. The zero-order valence-corrected chi connectivity index (χ0v) is 21.1. The molecule has 0 bridgehead atoms. The Morgan fingerprint density at radius 1 is 1.24 bits per heavy atom. The molecule has 1 fully saturated rings. The minimum absolute atomic E-state index is 0.0476. The van der Waals surface area contributed by atoms with Crippen LogP contribution in [-0.2, 0) is 4.79 Å². The second-order valence-electron chi connectivity index (χ2n) is 8.72. The van der Waals surface area contributed by atoms with Crippen molar-refractivity contribution in [2.24, 2.45) is 0 Å². The molecule has 192 valence electrons. The first-order valence-corrected chi connectivity index (χ1v) is 12.0. The molecule has 3 aromatic rings. The number of rotatable bonds is 7. The summed E-state index contributed by atoms with van der Waals surface area (Å²) >= 11 is 0. The topological polar surface area (TPSA) is 118 Å². The summed E-state index contributed by atoms with van der Waals surface area (Å²) in [6, 6.07) is 10.6. The number of aromatic nitrogens is 2. The number of amides is 1. The molecule has 10 heteroatoms. The zero-order valence-electron chi connectivity index (χ0n) is 21.1. The highest BCUT2D eigenvalue weighted by molar-refractivity contribution is 5.93. The van der Waals surface area contributed by atoms with E-state index in [1.165, 1.54) is 14.2 Å². The molecule has 1 amide bonds. The molecule has 1 saturated heterocycles. The summed E-state index contributed by atoms with van der Waals surface area (Å²) in [6.07, 6.45) is 4.95. The SMILES string of the molecule is CCC[C@H]1CN(C(=O)/C=C/c2ccc(C#N)cc2)CCN1c1nc(N)c2cc(OC)c(OC)c(F)c2n1. The molecule has 2 aromatic carbocycles. The molecule has 0 unspecified atom stereocenters. The fourth-order valence-corrected chi connectivity index (χ4v) is 4.51. The number of benzene rings is 2. The van der Waals surface area contributed by atoms with Crippen molar-refractivity contribution in [3.63, 3.8) is 0 Å². The summed E-state index contributed by atoms with van der Waals surface area (Å²) in [4.78, 5) is 25.7. The minimum Gasteiger partial charge on any atom is -0.493 e. The molecule has 37 heavy (non-hydrogen) atoms. The van der Waals surface area contributed by atoms with Crippen LogP contribution in [-0.4, -0.2) is 60.7 Å². The Balaban J connectivity index is 1.58. The minimum atomic E-state index is -0.666. The number of fused-ring (bicyclic) bond motifs is 1. The van der Waals surface area contributed by atoms with E-state index >= 15 is 4.39 Å². The lowest BCUT2D eigenvalue weighted by Gasteiger charge is -2.41. The van der Waals surface area contributed by atoms with E-state index in [9.17, 15) is 4.79 Å². The highest BCUT2D eigenvalue weighted by atomic mass is 19.1. The number of halogens is 1. The third kappa shape index (κ3) is 5.26. The fraction of sp³-hybridized carbons (Fsp3) is 0.333. The smallest absolute Gasteiger partial charge is 0.246 e. The van der Waals surface area contributed by atoms with Gasteiger partial charge in [0.05, 0.1) is 25.9 Å². The lowest BCUT2D eigenvalue weighted by atomic mass is 10.1. The zero-order chi connectivity index (χ0) is 26.5. The van der Waals surface area contributed by atoms with E-state index in [-0.39, 0.29) is 34.8 Å². The number of carbonyl (C=O) groups excluding carboxylic acids is 1. The van der Waals surface area contributed by atoms with Crippen LogP contribution in [0, 0.1) is 17.1 Å². The van der Waals surface area contributed by atoms with Crippen molar-refractivity contribution in [1.82, 2.24) is 14.9 Å². The van der Waals surface area contributed by atoms with Crippen LogP contribution in [0.25, 0.3) is 17.0 Å². The first-order chi connectivity index (χ1) is 17.9. The molecule has 1 aliphatic heterocycles. The van der Waals surface area contributed by atoms with Crippen LogP contribution in [0.15, 0.2) is 36.4 Å². The maximum Gasteiger partial charge on any atom is 0.246 e. The van der Waals surface area contributed by atoms with E-state index in [0.717, 1.165) is 18.4 Å². The average Bonchev–Trinajstić information content (AvgIpc) is 2.92. The van der Waals surface area contributed by atoms with Gasteiger partial charge in [0.2, 0.25) is 11.9 Å². The van der Waals surface area contributed by atoms with Gasteiger partial charge in [-0.25, -0.2) is 9.37 Å². The second kappa shape index (κ2) is 11.1. The molecular formula is C27H29FN6O3. The van der Waals surface area contributed by atoms with Crippen LogP contribution in [0.5, 0.6) is 11.5 Å². The predicted octanol–water partition coefficient (Wildman–Crippen LogP) is 3.77. The fourth-order valence-electron chi connectivity index (χ4n) is 4.51. The van der Waals surface area contributed by atoms with E-state index in [4.69, 9.17) is 20.5 Å². The van der Waals surface area contributed by atoms with Crippen LogP contribution in [0.3, 0.4) is 0 Å². The summed E-state index contributed by atoms with van der Waals surface area (Å²) in [7, 11) is 2.78. The number of hydrogen-bond acceptors (Lipinski definition) is 8. The number of anilines is 2. The third-order valence-electron chi connectivity index (χ3n) is 6.43. The van der Waals surface area contributed by atoms with Gasteiger partial charge in [0.15, 0.2) is 17.3 Å². The highest BCUT2D eigenvalue weighted by Gasteiger charge is 2.31. The van der Waals surface area contributed by atoms with Gasteiger partial charge in [-0.15, -0.1) is 0 Å². The van der Waals surface area contributed by atoms with E-state index in [1.807, 2.05) is 4.90 Å². The molecule has 0 saturated carbocycles. The van der Waals surface area contributed by atoms with Gasteiger partial charge in [-0.2, -0.15) is 10.2 Å². The summed E-state index contributed by atoms with van der Waals surface area (Å²) in [5.41, 5.74) is 7.68. The lowest BCUT2D eigenvalue weighted by molar-refractivity contribution is -0.126. The van der Waals surface area contributed by atoms with Gasteiger partial charge in [0, 0.05) is 37.1 Å². The van der Waals surface area contributed by atoms with Crippen molar-refractivity contribution in [1.29, 1.82) is 5.26 Å². The van der Waals surface area contributed by atoms with Crippen LogP contribution in [0.1, 0.15) is 30.9 Å². The molecule has 2 N–H and O–H groups in total. The van der Waals surface area contributed by atoms with Gasteiger partial charge in [-0.05, 0) is 36.3 Å². The van der Waals surface area contributed by atoms with Crippen LogP contribution in [0.4, 0.5) is 16.2 Å². The summed E-state index contributed by atoms with van der Waals surface area (Å²) in [5.74, 6) is -0.157. The van der Waals surface area contributed by atoms with Crippen molar-refractivity contribution in [3.05, 3.63) is 53.4 Å². The molecule has 0 spiro atoms. The Kier molecular flexibility index (Phi) is 7.72. The number of carbonyl (C=O) groups is 1. The number of piperazine rings is 1. The molecule has 4 rings (SSSR count). The number of nitrogen functional groups attached to an aromatic ring is 1. The van der Waals surface area contributed by atoms with Gasteiger partial charge in [0.25, 0.3) is 0 Å². The number of methoxy groups -OCH3 is 2. The molecule has 9 nitrogen and oxygen atoms in total. The normalized spacial score (nSPS) is 15.7. The number of nitrogens with two attached hydrogens (primary N) is 1. The standard InChI is InChI=1S/C27H29FN6O3/c1-4-5-19-16-33(22(35)11-10-17-6-8-18(15-29)9-7-17)12-13-34(19)27-31-24-20(26(30)32-27)14-21(36-2)25(37-3)23(24)28/h6-11,14,19H,4-5,12-13,16H2,1-3H3,(H2,30,31,32)/b11-10+/t19-/m0/s1. The van der Waals surface area contributed by atoms with Crippen molar-refractivity contribution in [2.75, 3.05) is 44.5 Å². The highest BCUT2D eigenvalue weighted by Crippen LogP contribution is 2.38. The lowest BCUT2D eigenvalue weighted by Crippen LogP contribution is -2.55.